The van der Waals surface area contributed by atoms with Gasteiger partial charge in [-0.25, -0.2) is 0 Å². The van der Waals surface area contributed by atoms with Gasteiger partial charge in [0, 0.05) is 0 Å². The molecule has 0 bridgehead atoms. The lowest BCUT2D eigenvalue weighted by Gasteiger charge is -2.09. The number of rotatable bonds is 3. The Morgan fingerprint density at radius 2 is 2.21 bits per heavy atom. The summed E-state index contributed by atoms with van der Waals surface area (Å²) in [6.07, 6.45) is 0. The van der Waals surface area contributed by atoms with Crippen molar-refractivity contribution in [2.75, 3.05) is 13.7 Å². The molecular formula is C10H13NO3. The fourth-order valence-electron chi connectivity index (χ4n) is 1.29. The number of nitrogens with two attached hydrogens (primary N) is 1. The van der Waals surface area contributed by atoms with Crippen LogP contribution >= 0.6 is 0 Å². The van der Waals surface area contributed by atoms with Crippen LogP contribution in [-0.4, -0.2) is 24.5 Å². The summed E-state index contributed by atoms with van der Waals surface area (Å²) >= 11 is 0. The number of aryl methyl sites for hydroxylation is 1. The zero-order valence-electron chi connectivity index (χ0n) is 8.20. The van der Waals surface area contributed by atoms with Gasteiger partial charge in [-0.3, -0.25) is 4.79 Å². The van der Waals surface area contributed by atoms with E-state index in [-0.39, 0.29) is 29.4 Å². The zero-order chi connectivity index (χ0) is 10.7. The van der Waals surface area contributed by atoms with Gasteiger partial charge in [0.05, 0.1) is 19.2 Å². The molecule has 0 unspecified atom stereocenters. The summed E-state index contributed by atoms with van der Waals surface area (Å²) in [7, 11) is 1.43. The number of ether oxygens (including phenoxy) is 1. The average Bonchev–Trinajstić information content (AvgIpc) is 2.18. The molecule has 0 aromatic heterocycles. The lowest BCUT2D eigenvalue weighted by atomic mass is 10.0. The van der Waals surface area contributed by atoms with Crippen molar-refractivity contribution in [2.45, 2.75) is 6.92 Å². The minimum absolute atomic E-state index is 0.123. The number of ketones is 1. The van der Waals surface area contributed by atoms with E-state index < -0.39 is 0 Å². The molecule has 0 saturated carbocycles. The van der Waals surface area contributed by atoms with Crippen molar-refractivity contribution in [1.29, 1.82) is 0 Å². The van der Waals surface area contributed by atoms with Crippen molar-refractivity contribution in [3.8, 4) is 11.5 Å². The normalized spacial score (nSPS) is 9.93. The number of carbonyl (C=O) groups is 1. The highest BCUT2D eigenvalue weighted by Gasteiger charge is 2.16. The van der Waals surface area contributed by atoms with E-state index in [1.54, 1.807) is 19.1 Å². The topological polar surface area (TPSA) is 72.5 Å². The third-order valence-corrected chi connectivity index (χ3v) is 2.03. The van der Waals surface area contributed by atoms with Gasteiger partial charge >= 0.3 is 0 Å². The Morgan fingerprint density at radius 3 is 2.71 bits per heavy atom. The molecular weight excluding hydrogens is 182 g/mol. The summed E-state index contributed by atoms with van der Waals surface area (Å²) in [6.45, 7) is 1.61. The van der Waals surface area contributed by atoms with Crippen LogP contribution in [0.15, 0.2) is 12.1 Å². The smallest absolute Gasteiger partial charge is 0.180 e. The molecule has 0 saturated heterocycles. The number of hydrogen-bond acceptors (Lipinski definition) is 4. The van der Waals surface area contributed by atoms with Crippen LogP contribution in [0.25, 0.3) is 0 Å². The quantitative estimate of drug-likeness (QED) is 0.701. The lowest BCUT2D eigenvalue weighted by Crippen LogP contribution is -2.15. The van der Waals surface area contributed by atoms with Crippen LogP contribution in [0.5, 0.6) is 11.5 Å². The van der Waals surface area contributed by atoms with Crippen LogP contribution in [0.2, 0.25) is 0 Å². The first kappa shape index (κ1) is 10.5. The standard InChI is InChI=1S/C10H13NO3/c1-6-3-4-8(14-2)10(13)9(6)7(12)5-11/h3-4,13H,5,11H2,1-2H3. The van der Waals surface area contributed by atoms with Gasteiger partial charge in [-0.2, -0.15) is 0 Å². The maximum atomic E-state index is 11.4. The number of phenolic OH excluding ortho intramolecular Hbond substituents is 1. The van der Waals surface area contributed by atoms with Crippen LogP contribution in [0.1, 0.15) is 15.9 Å². The van der Waals surface area contributed by atoms with Gasteiger partial charge in [0.2, 0.25) is 0 Å². The predicted octanol–water partition coefficient (Wildman–Crippen LogP) is 0.851. The van der Waals surface area contributed by atoms with Crippen LogP contribution in [0.3, 0.4) is 0 Å². The minimum atomic E-state index is -0.293. The summed E-state index contributed by atoms with van der Waals surface area (Å²) in [4.78, 5) is 11.4. The number of hydrogen-bond donors (Lipinski definition) is 2. The van der Waals surface area contributed by atoms with E-state index in [4.69, 9.17) is 10.5 Å². The monoisotopic (exact) mass is 195 g/mol. The zero-order valence-corrected chi connectivity index (χ0v) is 8.20. The first-order chi connectivity index (χ1) is 6.61. The third-order valence-electron chi connectivity index (χ3n) is 2.03. The Labute approximate surface area is 82.3 Å². The van der Waals surface area contributed by atoms with Crippen LogP contribution in [0, 0.1) is 6.92 Å². The minimum Gasteiger partial charge on any atom is -0.504 e. The van der Waals surface area contributed by atoms with Gasteiger partial charge < -0.3 is 15.6 Å². The van der Waals surface area contributed by atoms with E-state index in [2.05, 4.69) is 0 Å². The Hall–Kier alpha value is -1.55. The number of Topliss-reactive ketones (excluding diaryl/α,β-unsaturated/α-hetero) is 1. The van der Waals surface area contributed by atoms with E-state index in [0.29, 0.717) is 5.56 Å². The van der Waals surface area contributed by atoms with E-state index in [1.807, 2.05) is 0 Å². The molecule has 14 heavy (non-hydrogen) atoms. The number of carbonyl (C=O) groups excluding carboxylic acids is 1. The molecule has 0 radical (unpaired) electrons. The first-order valence-electron chi connectivity index (χ1n) is 4.21. The van der Waals surface area contributed by atoms with Gasteiger partial charge in [0.15, 0.2) is 17.3 Å². The van der Waals surface area contributed by atoms with E-state index in [1.165, 1.54) is 7.11 Å². The Bertz CT molecular complexity index is 361. The molecule has 0 atom stereocenters. The molecule has 1 rings (SSSR count). The summed E-state index contributed by atoms with van der Waals surface area (Å²) < 4.78 is 4.89. The molecule has 0 spiro atoms. The Balaban J connectivity index is 3.32. The van der Waals surface area contributed by atoms with Gasteiger partial charge in [0.25, 0.3) is 0 Å². The van der Waals surface area contributed by atoms with E-state index in [9.17, 15) is 9.90 Å². The SMILES string of the molecule is COc1ccc(C)c(C(=O)CN)c1O. The molecule has 4 heteroatoms. The van der Waals surface area contributed by atoms with Crippen molar-refractivity contribution in [2.24, 2.45) is 5.73 Å². The summed E-state index contributed by atoms with van der Waals surface area (Å²) in [5.41, 5.74) is 6.17. The number of aromatic hydroxyl groups is 1. The first-order valence-corrected chi connectivity index (χ1v) is 4.21. The molecule has 0 heterocycles. The maximum Gasteiger partial charge on any atom is 0.180 e. The summed E-state index contributed by atoms with van der Waals surface area (Å²) in [5.74, 6) is -0.144. The van der Waals surface area contributed by atoms with E-state index in [0.717, 1.165) is 0 Å². The fraction of sp³-hybridized carbons (Fsp3) is 0.300. The van der Waals surface area contributed by atoms with Crippen LogP contribution in [0.4, 0.5) is 0 Å². The highest BCUT2D eigenvalue weighted by Crippen LogP contribution is 2.31. The van der Waals surface area contributed by atoms with Crippen molar-refractivity contribution in [1.82, 2.24) is 0 Å². The predicted molar refractivity (Wildman–Crippen MR) is 52.8 cm³/mol. The number of benzene rings is 1. The highest BCUT2D eigenvalue weighted by molar-refractivity contribution is 6.01. The van der Waals surface area contributed by atoms with Gasteiger partial charge in [-0.05, 0) is 18.6 Å². The summed E-state index contributed by atoms with van der Waals surface area (Å²) in [5, 5.41) is 9.67. The molecule has 3 N–H and O–H groups in total. The molecule has 4 nitrogen and oxygen atoms in total. The molecule has 0 fully saturated rings. The van der Waals surface area contributed by atoms with Crippen molar-refractivity contribution < 1.29 is 14.6 Å². The fourth-order valence-corrected chi connectivity index (χ4v) is 1.29. The molecule has 0 aliphatic heterocycles. The summed E-state index contributed by atoms with van der Waals surface area (Å²) in [6, 6.07) is 3.32. The largest absolute Gasteiger partial charge is 0.504 e. The van der Waals surface area contributed by atoms with Crippen molar-refractivity contribution >= 4 is 5.78 Å². The van der Waals surface area contributed by atoms with Crippen molar-refractivity contribution in [3.63, 3.8) is 0 Å². The molecule has 76 valence electrons. The lowest BCUT2D eigenvalue weighted by molar-refractivity contribution is 0.0997. The van der Waals surface area contributed by atoms with Gasteiger partial charge in [0.1, 0.15) is 0 Å². The molecule has 0 aliphatic rings. The Morgan fingerprint density at radius 1 is 1.57 bits per heavy atom. The number of phenols is 1. The van der Waals surface area contributed by atoms with Crippen LogP contribution in [-0.2, 0) is 0 Å². The second-order valence-corrected chi connectivity index (χ2v) is 2.94. The number of methoxy groups -OCH3 is 1. The average molecular weight is 195 g/mol. The molecule has 0 aliphatic carbocycles. The second-order valence-electron chi connectivity index (χ2n) is 2.94. The second kappa shape index (κ2) is 4.11. The molecule has 1 aromatic rings. The third kappa shape index (κ3) is 1.70. The van der Waals surface area contributed by atoms with Gasteiger partial charge in [-0.1, -0.05) is 6.07 Å². The maximum absolute atomic E-state index is 11.4. The van der Waals surface area contributed by atoms with E-state index >= 15 is 0 Å². The molecule has 0 amide bonds. The highest BCUT2D eigenvalue weighted by atomic mass is 16.5. The van der Waals surface area contributed by atoms with Crippen LogP contribution < -0.4 is 10.5 Å². The van der Waals surface area contributed by atoms with Crippen molar-refractivity contribution in [3.05, 3.63) is 23.3 Å². The molecule has 1 aromatic carbocycles. The Kier molecular flexibility index (Phi) is 3.09. The van der Waals surface area contributed by atoms with Gasteiger partial charge in [-0.15, -0.1) is 0 Å².